The molecule has 0 aliphatic heterocycles. The molecule has 0 aliphatic carbocycles. The van der Waals surface area contributed by atoms with Crippen LogP contribution in [0.4, 0.5) is 5.82 Å². The van der Waals surface area contributed by atoms with Crippen molar-refractivity contribution in [3.63, 3.8) is 0 Å². The lowest BCUT2D eigenvalue weighted by Gasteiger charge is -1.74. The molecule has 0 bridgehead atoms. The van der Waals surface area contributed by atoms with E-state index < -0.39 is 0 Å². The van der Waals surface area contributed by atoms with Gasteiger partial charge in [-0.05, 0) is 18.9 Å². The molecule has 0 amide bonds. The molecule has 0 radical (unpaired) electrons. The Balaban J connectivity index is 2.96. The van der Waals surface area contributed by atoms with E-state index in [9.17, 15) is 0 Å². The van der Waals surface area contributed by atoms with Crippen molar-refractivity contribution >= 4 is 12.5 Å². The van der Waals surface area contributed by atoms with Crippen LogP contribution < -0.4 is 0 Å². The summed E-state index contributed by atoms with van der Waals surface area (Å²) in [6.45, 7) is 3.32. The molecule has 0 saturated carbocycles. The summed E-state index contributed by atoms with van der Waals surface area (Å²) < 4.78 is 0. The number of hydrogen-bond acceptors (Lipinski definition) is 1. The predicted molar refractivity (Wildman–Crippen MR) is 30.0 cm³/mol. The van der Waals surface area contributed by atoms with Crippen molar-refractivity contribution in [2.24, 2.45) is 4.99 Å². The van der Waals surface area contributed by atoms with Gasteiger partial charge in [-0.25, -0.2) is 4.99 Å². The van der Waals surface area contributed by atoms with E-state index in [-0.39, 0.29) is 0 Å². The van der Waals surface area contributed by atoms with Gasteiger partial charge in [-0.2, -0.15) is 0 Å². The average molecular weight is 94.1 g/mol. The number of aromatic amines is 1. The second-order valence-corrected chi connectivity index (χ2v) is 1.21. The Morgan fingerprint density at radius 3 is 2.86 bits per heavy atom. The summed E-state index contributed by atoms with van der Waals surface area (Å²) in [4.78, 5) is 6.48. The fourth-order valence-electron chi connectivity index (χ4n) is 0.419. The summed E-state index contributed by atoms with van der Waals surface area (Å²) >= 11 is 0. The van der Waals surface area contributed by atoms with Crippen molar-refractivity contribution in [1.82, 2.24) is 4.98 Å². The smallest absolute Gasteiger partial charge is 0.129 e. The van der Waals surface area contributed by atoms with Crippen LogP contribution in [0.3, 0.4) is 0 Å². The third kappa shape index (κ3) is 0.682. The number of hydrogen-bond donors (Lipinski definition) is 1. The van der Waals surface area contributed by atoms with Crippen molar-refractivity contribution in [2.75, 3.05) is 0 Å². The zero-order valence-corrected chi connectivity index (χ0v) is 3.89. The minimum atomic E-state index is 0.819. The predicted octanol–water partition coefficient (Wildman–Crippen LogP) is 1.35. The van der Waals surface area contributed by atoms with E-state index in [1.165, 1.54) is 0 Å². The highest BCUT2D eigenvalue weighted by molar-refractivity contribution is 5.38. The van der Waals surface area contributed by atoms with Crippen molar-refractivity contribution < 1.29 is 0 Å². The average Bonchev–Trinajstić information content (AvgIpc) is 2.14. The second kappa shape index (κ2) is 1.60. The zero-order chi connectivity index (χ0) is 5.11. The molecule has 0 aromatic carbocycles. The highest BCUT2D eigenvalue weighted by Crippen LogP contribution is 2.02. The standard InChI is InChI=1S/C5H6N2/c1-6-5-3-2-4-7-5/h2-4,7H,1H2. The first-order valence-electron chi connectivity index (χ1n) is 2.03. The molecule has 0 atom stereocenters. The Morgan fingerprint density at radius 2 is 2.57 bits per heavy atom. The Bertz CT molecular complexity index is 141. The molecule has 7 heavy (non-hydrogen) atoms. The summed E-state index contributed by atoms with van der Waals surface area (Å²) in [5, 5.41) is 0. The molecule has 1 rings (SSSR count). The summed E-state index contributed by atoms with van der Waals surface area (Å²) in [7, 11) is 0. The first kappa shape index (κ1) is 4.12. The minimum absolute atomic E-state index is 0.819. The fraction of sp³-hybridized carbons (Fsp3) is 0. The van der Waals surface area contributed by atoms with Gasteiger partial charge in [0, 0.05) is 6.20 Å². The van der Waals surface area contributed by atoms with Gasteiger partial charge in [0.2, 0.25) is 0 Å². The molecule has 0 fully saturated rings. The molecular formula is C5H6N2. The molecular weight excluding hydrogens is 88.1 g/mol. The summed E-state index contributed by atoms with van der Waals surface area (Å²) in [5.74, 6) is 0.819. The Kier molecular flexibility index (Phi) is 0.941. The maximum Gasteiger partial charge on any atom is 0.129 e. The maximum absolute atomic E-state index is 3.62. The third-order valence-electron chi connectivity index (χ3n) is 0.752. The maximum atomic E-state index is 3.62. The highest BCUT2D eigenvalue weighted by atomic mass is 14.9. The van der Waals surface area contributed by atoms with E-state index in [0.29, 0.717) is 0 Å². The molecule has 0 aliphatic rings. The van der Waals surface area contributed by atoms with Crippen LogP contribution in [0.2, 0.25) is 0 Å². The monoisotopic (exact) mass is 94.1 g/mol. The molecule has 36 valence electrons. The van der Waals surface area contributed by atoms with E-state index in [1.54, 1.807) is 0 Å². The van der Waals surface area contributed by atoms with Crippen LogP contribution in [0.15, 0.2) is 23.3 Å². The molecule has 1 N–H and O–H groups in total. The number of aromatic nitrogens is 1. The fourth-order valence-corrected chi connectivity index (χ4v) is 0.419. The molecule has 2 nitrogen and oxygen atoms in total. The van der Waals surface area contributed by atoms with Crippen molar-refractivity contribution in [1.29, 1.82) is 0 Å². The first-order valence-corrected chi connectivity index (χ1v) is 2.03. The van der Waals surface area contributed by atoms with Crippen LogP contribution in [0.25, 0.3) is 0 Å². The number of nitrogens with zero attached hydrogens (tertiary/aromatic N) is 1. The number of H-pyrrole nitrogens is 1. The Hall–Kier alpha value is -1.05. The normalized spacial score (nSPS) is 8.57. The molecule has 2 heteroatoms. The molecule has 0 unspecified atom stereocenters. The van der Waals surface area contributed by atoms with Crippen LogP contribution in [-0.2, 0) is 0 Å². The van der Waals surface area contributed by atoms with Crippen molar-refractivity contribution in [2.45, 2.75) is 0 Å². The zero-order valence-electron chi connectivity index (χ0n) is 3.89. The largest absolute Gasteiger partial charge is 0.347 e. The minimum Gasteiger partial charge on any atom is -0.347 e. The van der Waals surface area contributed by atoms with Gasteiger partial charge in [0.05, 0.1) is 0 Å². The quantitative estimate of drug-likeness (QED) is 0.509. The SMILES string of the molecule is C=Nc1ccc[nH]1. The van der Waals surface area contributed by atoms with E-state index >= 15 is 0 Å². The Morgan fingerprint density at radius 1 is 1.71 bits per heavy atom. The van der Waals surface area contributed by atoms with Gasteiger partial charge in [-0.3, -0.25) is 0 Å². The van der Waals surface area contributed by atoms with Gasteiger partial charge in [0.25, 0.3) is 0 Å². The van der Waals surface area contributed by atoms with Crippen molar-refractivity contribution in [3.8, 4) is 0 Å². The van der Waals surface area contributed by atoms with Crippen LogP contribution in [0.1, 0.15) is 0 Å². The Labute approximate surface area is 41.9 Å². The van der Waals surface area contributed by atoms with E-state index in [0.717, 1.165) is 5.82 Å². The highest BCUT2D eigenvalue weighted by Gasteiger charge is 1.77. The van der Waals surface area contributed by atoms with Gasteiger partial charge in [-0.1, -0.05) is 0 Å². The van der Waals surface area contributed by atoms with Gasteiger partial charge in [0.15, 0.2) is 0 Å². The number of aliphatic imine (C=N–C) groups is 1. The van der Waals surface area contributed by atoms with E-state index in [2.05, 4.69) is 16.7 Å². The molecule has 1 heterocycles. The van der Waals surface area contributed by atoms with Crippen LogP contribution in [0, 0.1) is 0 Å². The van der Waals surface area contributed by atoms with Crippen LogP contribution >= 0.6 is 0 Å². The summed E-state index contributed by atoms with van der Waals surface area (Å²) in [5.41, 5.74) is 0. The summed E-state index contributed by atoms with van der Waals surface area (Å²) in [6, 6.07) is 3.73. The molecule has 0 saturated heterocycles. The van der Waals surface area contributed by atoms with Crippen molar-refractivity contribution in [3.05, 3.63) is 18.3 Å². The lowest BCUT2D eigenvalue weighted by Crippen LogP contribution is -1.52. The lowest BCUT2D eigenvalue weighted by atomic mass is 10.6. The second-order valence-electron chi connectivity index (χ2n) is 1.21. The summed E-state index contributed by atoms with van der Waals surface area (Å²) in [6.07, 6.45) is 1.81. The van der Waals surface area contributed by atoms with Crippen LogP contribution in [-0.4, -0.2) is 11.7 Å². The van der Waals surface area contributed by atoms with Gasteiger partial charge in [0.1, 0.15) is 5.82 Å². The lowest BCUT2D eigenvalue weighted by molar-refractivity contribution is 1.35. The van der Waals surface area contributed by atoms with Gasteiger partial charge < -0.3 is 4.98 Å². The first-order chi connectivity index (χ1) is 3.43. The number of rotatable bonds is 1. The van der Waals surface area contributed by atoms with E-state index in [4.69, 9.17) is 0 Å². The molecule has 1 aromatic rings. The molecule has 0 spiro atoms. The van der Waals surface area contributed by atoms with Gasteiger partial charge in [-0.15, -0.1) is 0 Å². The van der Waals surface area contributed by atoms with Crippen LogP contribution in [0.5, 0.6) is 0 Å². The van der Waals surface area contributed by atoms with E-state index in [1.807, 2.05) is 18.3 Å². The number of nitrogens with one attached hydrogen (secondary N) is 1. The molecule has 1 aromatic heterocycles. The topological polar surface area (TPSA) is 28.1 Å². The van der Waals surface area contributed by atoms with Gasteiger partial charge >= 0.3 is 0 Å². The third-order valence-corrected chi connectivity index (χ3v) is 0.752.